The van der Waals surface area contributed by atoms with Crippen LogP contribution in [0.25, 0.3) is 22.3 Å². The van der Waals surface area contributed by atoms with Crippen molar-refractivity contribution in [1.82, 2.24) is 30.4 Å². The van der Waals surface area contributed by atoms with Gasteiger partial charge in [0.25, 0.3) is 17.4 Å². The van der Waals surface area contributed by atoms with Gasteiger partial charge in [0.15, 0.2) is 0 Å². The van der Waals surface area contributed by atoms with Gasteiger partial charge in [0, 0.05) is 65.4 Å². The lowest BCUT2D eigenvalue weighted by Crippen LogP contribution is -2.57. The molecule has 1 saturated heterocycles. The number of nitrogens with zero attached hydrogens (tertiary/aromatic N) is 4. The smallest absolute Gasteiger partial charge is 0.407 e. The Morgan fingerprint density at radius 1 is 0.937 bits per heavy atom. The fraction of sp³-hybridized carbons (Fsp3) is 0.463. The molecule has 0 aliphatic carbocycles. The number of imide groups is 1. The molecule has 2 aromatic carbocycles. The van der Waals surface area contributed by atoms with Crippen molar-refractivity contribution in [3.63, 3.8) is 0 Å². The molecule has 3 atom stereocenters. The molecule has 0 unspecified atom stereocenters. The third kappa shape index (κ3) is 13.7. The number of likely N-dealkylation sites (tertiary alicyclic amines) is 1. The van der Waals surface area contributed by atoms with Crippen LogP contribution in [-0.2, 0) is 73.1 Å². The number of urea groups is 1. The Balaban J connectivity index is 0.946. The minimum Gasteiger partial charge on any atom is -0.457 e. The molecule has 0 saturated carbocycles. The van der Waals surface area contributed by atoms with Gasteiger partial charge in [-0.15, -0.1) is 0 Å². The molecule has 3 aliphatic rings. The molecule has 25 heteroatoms. The van der Waals surface area contributed by atoms with Crippen LogP contribution in [0.15, 0.2) is 63.9 Å². The number of ether oxygens (including phenoxy) is 3. The normalized spacial score (nSPS) is 16.3. The van der Waals surface area contributed by atoms with Crippen molar-refractivity contribution in [3.05, 3.63) is 91.7 Å². The zero-order valence-electron chi connectivity index (χ0n) is 43.8. The lowest BCUT2D eigenvalue weighted by Gasteiger charge is -2.35. The summed E-state index contributed by atoms with van der Waals surface area (Å²) in [5.74, 6) is -8.80. The van der Waals surface area contributed by atoms with Crippen molar-refractivity contribution in [2.24, 2.45) is 17.4 Å². The quantitative estimate of drug-likeness (QED) is 0.0217. The van der Waals surface area contributed by atoms with Crippen LogP contribution in [0.2, 0.25) is 0 Å². The Kier molecular flexibility index (Phi) is 18.9. The number of anilines is 1. The van der Waals surface area contributed by atoms with Crippen molar-refractivity contribution >= 4 is 86.1 Å². The molecule has 4 aromatic rings. The number of carbonyl (C=O) groups excluding carboxylic acids is 9. The van der Waals surface area contributed by atoms with E-state index in [1.54, 1.807) is 19.9 Å². The molecule has 7 N–H and O–H groups in total. The fourth-order valence-electron chi connectivity index (χ4n) is 9.78. The van der Waals surface area contributed by atoms with Gasteiger partial charge >= 0.3 is 24.1 Å². The van der Waals surface area contributed by atoms with Gasteiger partial charge in [-0.25, -0.2) is 28.1 Å². The van der Waals surface area contributed by atoms with Gasteiger partial charge in [0.05, 0.1) is 42.0 Å². The van der Waals surface area contributed by atoms with Crippen molar-refractivity contribution in [3.8, 4) is 11.4 Å². The average Bonchev–Trinajstić information content (AvgIpc) is 4.19. The van der Waals surface area contributed by atoms with Crippen LogP contribution in [0.5, 0.6) is 0 Å². The largest absolute Gasteiger partial charge is 0.457 e. The third-order valence-electron chi connectivity index (χ3n) is 14.0. The van der Waals surface area contributed by atoms with E-state index in [1.165, 1.54) is 40.7 Å². The number of amides is 8. The highest BCUT2D eigenvalue weighted by molar-refractivity contribution is 9.10. The number of hydrogen-bond acceptors (Lipinski definition) is 14. The molecule has 0 spiro atoms. The molecule has 1 fully saturated rings. The molecular weight excluding hydrogens is 1100 g/mol. The number of hydrogen-bond donors (Lipinski definition) is 5. The number of esters is 2. The molecule has 5 heterocycles. The molecule has 0 radical (unpaired) electrons. The maximum atomic E-state index is 15.3. The average molecular weight is 1160 g/mol. The van der Waals surface area contributed by atoms with Gasteiger partial charge in [-0.2, -0.15) is 0 Å². The second kappa shape index (κ2) is 25.3. The topological polar surface area (TPSA) is 311 Å². The SMILES string of the molecule is CC[C@@]1(OC(=O)CCC(F)(F)CNC(=O)OCc2ccc(N(C(=O)[C@@H](NC(=O)CCCCCN3C(=O)CCC3=O)C(C)C)[C@@H](CCCNC(N)=O)C(N)=O)cc2)C(=O)OCc2c1cc1n(c2=O)Cc2cc3c(Br)cccc3nc2-1. The summed E-state index contributed by atoms with van der Waals surface area (Å²) in [5.41, 5.74) is 11.4. The summed E-state index contributed by atoms with van der Waals surface area (Å²) < 4.78 is 49.1. The van der Waals surface area contributed by atoms with Crippen LogP contribution in [0, 0.1) is 5.92 Å². The number of fused-ring (bicyclic) bond motifs is 5. The number of aromatic nitrogens is 2. The summed E-state index contributed by atoms with van der Waals surface area (Å²) in [5, 5.41) is 7.99. The first kappa shape index (κ1) is 58.8. The van der Waals surface area contributed by atoms with Gasteiger partial charge in [-0.05, 0) is 80.0 Å². The van der Waals surface area contributed by atoms with Crippen molar-refractivity contribution in [1.29, 1.82) is 0 Å². The van der Waals surface area contributed by atoms with E-state index >= 15 is 8.78 Å². The number of alkyl carbamates (subject to hydrolysis) is 1. The fourth-order valence-corrected chi connectivity index (χ4v) is 10.2. The highest BCUT2D eigenvalue weighted by Gasteiger charge is 2.51. The van der Waals surface area contributed by atoms with E-state index in [0.29, 0.717) is 41.7 Å². The predicted molar refractivity (Wildman–Crippen MR) is 283 cm³/mol. The lowest BCUT2D eigenvalue weighted by atomic mass is 9.85. The second-order valence-electron chi connectivity index (χ2n) is 19.9. The van der Waals surface area contributed by atoms with Crippen LogP contribution < -0.4 is 37.9 Å². The first-order valence-corrected chi connectivity index (χ1v) is 26.7. The summed E-state index contributed by atoms with van der Waals surface area (Å²) in [6.07, 6.45) is -1.48. The Bertz CT molecular complexity index is 3100. The van der Waals surface area contributed by atoms with E-state index < -0.39 is 109 Å². The Morgan fingerprint density at radius 3 is 2.33 bits per heavy atom. The molecule has 22 nitrogen and oxygen atoms in total. The van der Waals surface area contributed by atoms with Crippen LogP contribution in [0.1, 0.15) is 114 Å². The Hall–Kier alpha value is -7.83. The van der Waals surface area contributed by atoms with Gasteiger partial charge in [-0.3, -0.25) is 43.4 Å². The van der Waals surface area contributed by atoms with E-state index in [4.69, 9.17) is 30.7 Å². The summed E-state index contributed by atoms with van der Waals surface area (Å²) in [6, 6.07) is 11.5. The van der Waals surface area contributed by atoms with E-state index in [9.17, 15) is 47.9 Å². The molecular formula is C54H62BrF2N9O13. The minimum atomic E-state index is -3.68. The number of nitrogens with one attached hydrogen (secondary N) is 3. The number of pyridine rings is 2. The van der Waals surface area contributed by atoms with E-state index in [1.807, 2.05) is 29.6 Å². The minimum absolute atomic E-state index is 0.0266. The van der Waals surface area contributed by atoms with Crippen molar-refractivity contribution in [2.75, 3.05) is 24.5 Å². The number of cyclic esters (lactones) is 1. The highest BCUT2D eigenvalue weighted by atomic mass is 79.9. The van der Waals surface area contributed by atoms with Crippen LogP contribution in [0.3, 0.4) is 0 Å². The predicted octanol–water partition coefficient (Wildman–Crippen LogP) is 5.22. The zero-order chi connectivity index (χ0) is 57.3. The van der Waals surface area contributed by atoms with Crippen LogP contribution in [-0.4, -0.2) is 106 Å². The molecule has 8 amide bonds. The van der Waals surface area contributed by atoms with Gasteiger partial charge < -0.3 is 46.2 Å². The third-order valence-corrected chi connectivity index (χ3v) is 14.7. The first-order chi connectivity index (χ1) is 37.5. The van der Waals surface area contributed by atoms with Crippen LogP contribution >= 0.6 is 15.9 Å². The number of carbonyl (C=O) groups is 9. The number of nitrogens with two attached hydrogens (primary N) is 2. The highest BCUT2D eigenvalue weighted by Crippen LogP contribution is 2.42. The second-order valence-corrected chi connectivity index (χ2v) is 20.8. The number of halogens is 3. The standard InChI is InChI=1S/C54H62BrF2N9O13/c1-4-54(36-25-40-46-32(24-34-37(55)10-8-11-38(34)62-46)26-65(40)48(72)35(36)28-77-50(54)74)79-44(70)20-21-53(56,57)29-61-52(76)78-27-31-14-16-33(17-15-31)66(39(47(58)71)12-9-22-60-51(59)75)49(73)45(30(2)3)63-41(67)13-6-5-7-23-64-42(68)18-19-43(64)69/h8,10-11,14-17,24-25,30,39,45H,4-7,9,12-13,18-23,26-29H2,1-3H3,(H2,58,71)(H,61,76)(H,63,67)(H3,59,60,75)/t39-,45-,54-/m0/s1. The summed E-state index contributed by atoms with van der Waals surface area (Å²) in [4.78, 5) is 137. The van der Waals surface area contributed by atoms with Gasteiger partial charge in [-0.1, -0.05) is 61.3 Å². The summed E-state index contributed by atoms with van der Waals surface area (Å²) in [7, 11) is 0. The molecule has 0 bridgehead atoms. The van der Waals surface area contributed by atoms with E-state index in [-0.39, 0.29) is 86.8 Å². The van der Waals surface area contributed by atoms with Gasteiger partial charge in [0.2, 0.25) is 29.2 Å². The Morgan fingerprint density at radius 2 is 1.66 bits per heavy atom. The van der Waals surface area contributed by atoms with Crippen LogP contribution in [0.4, 0.5) is 24.1 Å². The summed E-state index contributed by atoms with van der Waals surface area (Å²) in [6.45, 7) is 3.33. The Labute approximate surface area is 460 Å². The van der Waals surface area contributed by atoms with Gasteiger partial charge in [0.1, 0.15) is 25.3 Å². The summed E-state index contributed by atoms with van der Waals surface area (Å²) >= 11 is 3.54. The molecule has 2 aromatic heterocycles. The lowest BCUT2D eigenvalue weighted by molar-refractivity contribution is -0.190. The first-order valence-electron chi connectivity index (χ1n) is 25.9. The molecule has 7 rings (SSSR count). The monoisotopic (exact) mass is 1160 g/mol. The maximum absolute atomic E-state index is 15.3. The number of primary amides is 2. The number of unbranched alkanes of at least 4 members (excludes halogenated alkanes) is 2. The molecule has 3 aliphatic heterocycles. The molecule has 422 valence electrons. The number of rotatable bonds is 25. The van der Waals surface area contributed by atoms with Crippen molar-refractivity contribution in [2.45, 2.75) is 135 Å². The maximum Gasteiger partial charge on any atom is 0.407 e. The zero-order valence-corrected chi connectivity index (χ0v) is 45.4. The number of alkyl halides is 2. The molecule has 79 heavy (non-hydrogen) atoms. The van der Waals surface area contributed by atoms with Crippen molar-refractivity contribution < 1.29 is 66.1 Å². The van der Waals surface area contributed by atoms with E-state index in [2.05, 4.69) is 26.6 Å². The number of benzene rings is 2. The van der Waals surface area contributed by atoms with E-state index in [0.717, 1.165) is 20.3 Å².